The summed E-state index contributed by atoms with van der Waals surface area (Å²) in [5.41, 5.74) is 1.45. The molecule has 0 bridgehead atoms. The van der Waals surface area contributed by atoms with Crippen LogP contribution in [0.4, 0.5) is 0 Å². The normalized spacial score (nSPS) is 10.7. The number of unbranched alkanes of at least 4 members (excludes halogenated alkanes) is 3. The monoisotopic (exact) mass is 271 g/mol. The van der Waals surface area contributed by atoms with Gasteiger partial charge in [0, 0.05) is 12.5 Å². The Balaban J connectivity index is 2.13. The van der Waals surface area contributed by atoms with Crippen LogP contribution < -0.4 is 0 Å². The summed E-state index contributed by atoms with van der Waals surface area (Å²) in [7, 11) is 0. The molecule has 1 heterocycles. The fourth-order valence-corrected chi connectivity index (χ4v) is 2.26. The minimum atomic E-state index is -0.0725. The Morgan fingerprint density at radius 3 is 2.60 bits per heavy atom. The first kappa shape index (κ1) is 14.5. The molecule has 2 rings (SSSR count). The molecule has 0 aliphatic rings. The van der Waals surface area contributed by atoms with Gasteiger partial charge in [-0.05, 0) is 12.8 Å². The van der Waals surface area contributed by atoms with Crippen molar-refractivity contribution in [3.8, 4) is 0 Å². The molecule has 0 amide bonds. The van der Waals surface area contributed by atoms with Crippen molar-refractivity contribution >= 4 is 5.78 Å². The molecule has 106 valence electrons. The third-order valence-corrected chi connectivity index (χ3v) is 3.31. The Labute approximate surface area is 120 Å². The van der Waals surface area contributed by atoms with Crippen LogP contribution in [0.3, 0.4) is 0 Å². The number of ketones is 1. The maximum atomic E-state index is 12.4. The fraction of sp³-hybridized carbons (Fsp3) is 0.412. The highest BCUT2D eigenvalue weighted by molar-refractivity contribution is 6.07. The summed E-state index contributed by atoms with van der Waals surface area (Å²) in [6, 6.07) is 9.23. The fourth-order valence-electron chi connectivity index (χ4n) is 2.26. The second-order valence-corrected chi connectivity index (χ2v) is 5.01. The highest BCUT2D eigenvalue weighted by Crippen LogP contribution is 2.18. The molecule has 0 atom stereocenters. The average molecular weight is 271 g/mol. The van der Waals surface area contributed by atoms with Crippen molar-refractivity contribution in [2.75, 3.05) is 0 Å². The lowest BCUT2D eigenvalue weighted by Crippen LogP contribution is -2.03. The number of aromatic nitrogens is 1. The van der Waals surface area contributed by atoms with Gasteiger partial charge in [-0.2, -0.15) is 0 Å². The molecule has 0 radical (unpaired) electrons. The molecule has 0 fully saturated rings. The molecule has 0 N–H and O–H groups in total. The van der Waals surface area contributed by atoms with Gasteiger partial charge in [0.15, 0.2) is 11.7 Å². The van der Waals surface area contributed by atoms with Gasteiger partial charge in [0.2, 0.25) is 5.78 Å². The molecule has 0 saturated heterocycles. The summed E-state index contributed by atoms with van der Waals surface area (Å²) in [6.45, 7) is 3.97. The number of nitrogens with zero attached hydrogens (tertiary/aromatic N) is 1. The number of carbonyl (C=O) groups excluding carboxylic acids is 1. The van der Waals surface area contributed by atoms with E-state index >= 15 is 0 Å². The third kappa shape index (κ3) is 3.56. The summed E-state index contributed by atoms with van der Waals surface area (Å²) in [5, 5.41) is 0. The van der Waals surface area contributed by atoms with E-state index in [2.05, 4.69) is 11.9 Å². The summed E-state index contributed by atoms with van der Waals surface area (Å²) >= 11 is 0. The van der Waals surface area contributed by atoms with E-state index in [1.807, 2.05) is 18.2 Å². The molecule has 0 aliphatic carbocycles. The lowest BCUT2D eigenvalue weighted by Gasteiger charge is -2.01. The first-order valence-electron chi connectivity index (χ1n) is 7.28. The molecule has 1 aromatic heterocycles. The maximum absolute atomic E-state index is 12.4. The number of aryl methyl sites for hydroxylation is 2. The highest BCUT2D eigenvalue weighted by atomic mass is 16.4. The zero-order chi connectivity index (χ0) is 14.4. The predicted octanol–water partition coefficient (Wildman–Crippen LogP) is 4.34. The highest BCUT2D eigenvalue weighted by Gasteiger charge is 2.19. The van der Waals surface area contributed by atoms with E-state index in [1.165, 1.54) is 19.3 Å². The van der Waals surface area contributed by atoms with Crippen molar-refractivity contribution in [2.45, 2.75) is 46.0 Å². The van der Waals surface area contributed by atoms with Crippen LogP contribution in [-0.4, -0.2) is 10.8 Å². The van der Waals surface area contributed by atoms with E-state index < -0.39 is 0 Å². The number of rotatable bonds is 7. The number of hydrogen-bond acceptors (Lipinski definition) is 3. The molecule has 3 nitrogen and oxygen atoms in total. The van der Waals surface area contributed by atoms with Crippen molar-refractivity contribution in [1.82, 2.24) is 4.98 Å². The standard InChI is InChI=1S/C17H21NO2/c1-3-4-5-9-12-15-17(20-13(2)18-15)16(19)14-10-7-6-8-11-14/h6-8,10-11H,3-5,9,12H2,1-2H3. The van der Waals surface area contributed by atoms with Gasteiger partial charge in [-0.3, -0.25) is 4.79 Å². The van der Waals surface area contributed by atoms with Gasteiger partial charge in [-0.15, -0.1) is 0 Å². The topological polar surface area (TPSA) is 43.1 Å². The smallest absolute Gasteiger partial charge is 0.230 e. The minimum Gasteiger partial charge on any atom is -0.437 e. The number of hydrogen-bond donors (Lipinski definition) is 0. The molecular formula is C17H21NO2. The second kappa shape index (κ2) is 7.04. The second-order valence-electron chi connectivity index (χ2n) is 5.01. The van der Waals surface area contributed by atoms with Crippen molar-refractivity contribution < 1.29 is 9.21 Å². The maximum Gasteiger partial charge on any atom is 0.230 e. The summed E-state index contributed by atoms with van der Waals surface area (Å²) in [4.78, 5) is 16.8. The zero-order valence-electron chi connectivity index (χ0n) is 12.2. The van der Waals surface area contributed by atoms with Crippen LogP contribution in [0.5, 0.6) is 0 Å². The first-order chi connectivity index (χ1) is 9.72. The van der Waals surface area contributed by atoms with E-state index in [1.54, 1.807) is 19.1 Å². The Morgan fingerprint density at radius 2 is 1.90 bits per heavy atom. The predicted molar refractivity (Wildman–Crippen MR) is 79.0 cm³/mol. The van der Waals surface area contributed by atoms with Crippen molar-refractivity contribution in [3.05, 3.63) is 53.2 Å². The summed E-state index contributed by atoms with van der Waals surface area (Å²) in [5.74, 6) is 0.900. The Bertz CT molecular complexity index is 558. The molecule has 1 aromatic carbocycles. The van der Waals surface area contributed by atoms with Crippen LogP contribution in [0.15, 0.2) is 34.7 Å². The van der Waals surface area contributed by atoms with E-state index in [4.69, 9.17) is 4.42 Å². The van der Waals surface area contributed by atoms with E-state index in [-0.39, 0.29) is 5.78 Å². The molecule has 0 spiro atoms. The summed E-state index contributed by atoms with van der Waals surface area (Å²) in [6.07, 6.45) is 5.45. The number of oxazole rings is 1. The molecular weight excluding hydrogens is 250 g/mol. The Morgan fingerprint density at radius 1 is 1.15 bits per heavy atom. The minimum absolute atomic E-state index is 0.0725. The van der Waals surface area contributed by atoms with Gasteiger partial charge in [0.05, 0.1) is 5.69 Å². The Kier molecular flexibility index (Phi) is 5.10. The van der Waals surface area contributed by atoms with E-state index in [0.717, 1.165) is 18.5 Å². The average Bonchev–Trinajstić information content (AvgIpc) is 2.85. The molecule has 0 saturated carbocycles. The SMILES string of the molecule is CCCCCCc1nc(C)oc1C(=O)c1ccccc1. The van der Waals surface area contributed by atoms with Crippen LogP contribution in [0.1, 0.15) is 60.3 Å². The van der Waals surface area contributed by atoms with Crippen LogP contribution in [0.2, 0.25) is 0 Å². The first-order valence-corrected chi connectivity index (χ1v) is 7.28. The molecule has 20 heavy (non-hydrogen) atoms. The molecule has 3 heteroatoms. The molecule has 2 aromatic rings. The van der Waals surface area contributed by atoms with Gasteiger partial charge >= 0.3 is 0 Å². The van der Waals surface area contributed by atoms with Crippen LogP contribution >= 0.6 is 0 Å². The van der Waals surface area contributed by atoms with Crippen molar-refractivity contribution in [3.63, 3.8) is 0 Å². The Hall–Kier alpha value is -1.90. The van der Waals surface area contributed by atoms with Gasteiger partial charge in [0.25, 0.3) is 0 Å². The lowest BCUT2D eigenvalue weighted by molar-refractivity contribution is 0.101. The van der Waals surface area contributed by atoms with Crippen molar-refractivity contribution in [1.29, 1.82) is 0 Å². The lowest BCUT2D eigenvalue weighted by atomic mass is 10.0. The zero-order valence-corrected chi connectivity index (χ0v) is 12.2. The summed E-state index contributed by atoms with van der Waals surface area (Å²) < 4.78 is 5.53. The van der Waals surface area contributed by atoms with Gasteiger partial charge in [-0.1, -0.05) is 56.5 Å². The van der Waals surface area contributed by atoms with Gasteiger partial charge < -0.3 is 4.42 Å². The third-order valence-electron chi connectivity index (χ3n) is 3.31. The number of carbonyl (C=O) groups is 1. The number of benzene rings is 1. The van der Waals surface area contributed by atoms with Gasteiger partial charge in [-0.25, -0.2) is 4.98 Å². The molecule has 0 aliphatic heterocycles. The van der Waals surface area contributed by atoms with Crippen LogP contribution in [0, 0.1) is 6.92 Å². The largest absolute Gasteiger partial charge is 0.437 e. The van der Waals surface area contributed by atoms with Crippen LogP contribution in [-0.2, 0) is 6.42 Å². The van der Waals surface area contributed by atoms with E-state index in [9.17, 15) is 4.79 Å². The van der Waals surface area contributed by atoms with Crippen LogP contribution in [0.25, 0.3) is 0 Å². The molecule has 0 unspecified atom stereocenters. The van der Waals surface area contributed by atoms with Gasteiger partial charge in [0.1, 0.15) is 0 Å². The van der Waals surface area contributed by atoms with Crippen molar-refractivity contribution in [2.24, 2.45) is 0 Å². The quantitative estimate of drug-likeness (QED) is 0.556. The van der Waals surface area contributed by atoms with E-state index in [0.29, 0.717) is 17.2 Å².